The maximum atomic E-state index is 12.8. The molecule has 1 aliphatic rings. The van der Waals surface area contributed by atoms with E-state index in [0.29, 0.717) is 18.5 Å². The molecule has 0 unspecified atom stereocenters. The molecular formula is C15H21F3N4O2. The summed E-state index contributed by atoms with van der Waals surface area (Å²) in [5, 5.41) is 6.56. The van der Waals surface area contributed by atoms with Crippen LogP contribution in [0.25, 0.3) is 0 Å². The van der Waals surface area contributed by atoms with Crippen LogP contribution in [0.5, 0.6) is 0 Å². The second-order valence-corrected chi connectivity index (χ2v) is 6.31. The van der Waals surface area contributed by atoms with E-state index < -0.39 is 23.9 Å². The molecule has 1 aromatic heterocycles. The van der Waals surface area contributed by atoms with Gasteiger partial charge >= 0.3 is 6.18 Å². The van der Waals surface area contributed by atoms with Gasteiger partial charge in [-0.25, -0.2) is 0 Å². The summed E-state index contributed by atoms with van der Waals surface area (Å²) in [6.07, 6.45) is -0.643. The second kappa shape index (κ2) is 7.23. The molecule has 0 aliphatic heterocycles. The molecule has 0 saturated heterocycles. The Bertz CT molecular complexity index is 598. The van der Waals surface area contributed by atoms with Crippen LogP contribution in [0.4, 0.5) is 18.9 Å². The molecule has 0 radical (unpaired) electrons. The zero-order chi connectivity index (χ0) is 17.9. The lowest BCUT2D eigenvalue weighted by Crippen LogP contribution is -2.34. The van der Waals surface area contributed by atoms with E-state index in [9.17, 15) is 22.8 Å². The molecule has 1 aliphatic carbocycles. The summed E-state index contributed by atoms with van der Waals surface area (Å²) in [6, 6.07) is 0. The highest BCUT2D eigenvalue weighted by molar-refractivity contribution is 5.92. The highest BCUT2D eigenvalue weighted by Gasteiger charge is 2.43. The lowest BCUT2D eigenvalue weighted by molar-refractivity contribution is -0.185. The van der Waals surface area contributed by atoms with Gasteiger partial charge in [-0.3, -0.25) is 14.3 Å². The Kier molecular flexibility index (Phi) is 5.51. The number of carbonyl (C=O) groups is 2. The third-order valence-corrected chi connectivity index (χ3v) is 4.20. The quantitative estimate of drug-likeness (QED) is 0.909. The van der Waals surface area contributed by atoms with Gasteiger partial charge < -0.3 is 10.2 Å². The molecule has 1 N–H and O–H groups in total. The number of hydrogen-bond acceptors (Lipinski definition) is 3. The number of halogens is 3. The number of hydrogen-bond donors (Lipinski definition) is 1. The highest BCUT2D eigenvalue weighted by Crippen LogP contribution is 2.40. The van der Waals surface area contributed by atoms with Gasteiger partial charge in [-0.1, -0.05) is 6.42 Å². The molecule has 1 fully saturated rings. The first kappa shape index (κ1) is 18.3. The summed E-state index contributed by atoms with van der Waals surface area (Å²) in [4.78, 5) is 25.2. The van der Waals surface area contributed by atoms with Crippen molar-refractivity contribution in [1.82, 2.24) is 14.7 Å². The molecule has 0 bridgehead atoms. The third-order valence-electron chi connectivity index (χ3n) is 4.20. The Morgan fingerprint density at radius 3 is 2.71 bits per heavy atom. The Morgan fingerprint density at radius 1 is 1.38 bits per heavy atom. The average molecular weight is 346 g/mol. The van der Waals surface area contributed by atoms with E-state index in [2.05, 4.69) is 10.4 Å². The van der Waals surface area contributed by atoms with Crippen LogP contribution in [0.1, 0.15) is 25.7 Å². The first-order chi connectivity index (χ1) is 11.2. The number of likely N-dealkylation sites (N-methyl/N-ethyl adjacent to an activating group) is 1. The fraction of sp³-hybridized carbons (Fsp3) is 0.667. The summed E-state index contributed by atoms with van der Waals surface area (Å²) < 4.78 is 39.8. The van der Waals surface area contributed by atoms with E-state index in [0.717, 1.165) is 0 Å². The molecule has 1 saturated carbocycles. The minimum Gasteiger partial charge on any atom is -0.347 e. The van der Waals surface area contributed by atoms with E-state index in [1.165, 1.54) is 22.0 Å². The van der Waals surface area contributed by atoms with Gasteiger partial charge in [0.15, 0.2) is 0 Å². The van der Waals surface area contributed by atoms with E-state index in [4.69, 9.17) is 0 Å². The molecule has 1 heterocycles. The molecule has 24 heavy (non-hydrogen) atoms. The van der Waals surface area contributed by atoms with Crippen molar-refractivity contribution in [2.75, 3.05) is 19.4 Å². The van der Waals surface area contributed by atoms with E-state index in [1.807, 2.05) is 0 Å². The molecule has 134 valence electrons. The number of anilines is 1. The van der Waals surface area contributed by atoms with Crippen molar-refractivity contribution in [1.29, 1.82) is 0 Å². The summed E-state index contributed by atoms with van der Waals surface area (Å²) in [5.41, 5.74) is 0.376. The number of nitrogens with one attached hydrogen (secondary N) is 1. The van der Waals surface area contributed by atoms with E-state index in [-0.39, 0.29) is 25.3 Å². The van der Waals surface area contributed by atoms with Crippen molar-refractivity contribution < 1.29 is 22.8 Å². The first-order valence-electron chi connectivity index (χ1n) is 7.77. The van der Waals surface area contributed by atoms with Gasteiger partial charge in [0.1, 0.15) is 6.54 Å². The van der Waals surface area contributed by atoms with Gasteiger partial charge in [-0.2, -0.15) is 18.3 Å². The van der Waals surface area contributed by atoms with E-state index in [1.54, 1.807) is 14.1 Å². The largest absolute Gasteiger partial charge is 0.391 e. The lowest BCUT2D eigenvalue weighted by atomic mass is 9.80. The minimum atomic E-state index is -4.25. The Morgan fingerprint density at radius 2 is 2.08 bits per heavy atom. The van der Waals surface area contributed by atoms with Gasteiger partial charge in [-0.15, -0.1) is 0 Å². The second-order valence-electron chi connectivity index (χ2n) is 6.31. The van der Waals surface area contributed by atoms with Crippen molar-refractivity contribution in [3.63, 3.8) is 0 Å². The molecular weight excluding hydrogens is 325 g/mol. The van der Waals surface area contributed by atoms with Crippen LogP contribution in [-0.2, 0) is 16.1 Å². The van der Waals surface area contributed by atoms with Crippen molar-refractivity contribution in [3.8, 4) is 0 Å². The summed E-state index contributed by atoms with van der Waals surface area (Å²) in [6.45, 7) is 0.0302. The normalized spacial score (nSPS) is 21.4. The predicted octanol–water partition coefficient (Wildman–Crippen LogP) is 2.28. The monoisotopic (exact) mass is 346 g/mol. The molecule has 0 aromatic carbocycles. The standard InChI is InChI=1S/C15H21F3N4O2/c1-21(2)13(23)9-22-8-12(7-19-22)20-14(24)10-4-3-5-11(6-10)15(16,17)18/h7-8,10-11H,3-6,9H2,1-2H3,(H,20,24)/t10-,11-/m0/s1. The lowest BCUT2D eigenvalue weighted by Gasteiger charge is -2.29. The fourth-order valence-corrected chi connectivity index (χ4v) is 2.76. The minimum absolute atomic E-state index is 0.0302. The van der Waals surface area contributed by atoms with Gasteiger partial charge in [0, 0.05) is 26.2 Å². The molecule has 2 atom stereocenters. The van der Waals surface area contributed by atoms with Crippen molar-refractivity contribution >= 4 is 17.5 Å². The summed E-state index contributed by atoms with van der Waals surface area (Å²) in [5.74, 6) is -2.65. The molecule has 6 nitrogen and oxygen atoms in total. The number of aromatic nitrogens is 2. The number of nitrogens with zero attached hydrogens (tertiary/aromatic N) is 3. The maximum absolute atomic E-state index is 12.8. The summed E-state index contributed by atoms with van der Waals surface area (Å²) in [7, 11) is 3.24. The molecule has 1 aromatic rings. The molecule has 2 rings (SSSR count). The summed E-state index contributed by atoms with van der Waals surface area (Å²) >= 11 is 0. The Labute approximate surface area is 138 Å². The molecule has 0 spiro atoms. The van der Waals surface area contributed by atoms with Gasteiger partial charge in [-0.05, 0) is 19.3 Å². The fourth-order valence-electron chi connectivity index (χ4n) is 2.76. The maximum Gasteiger partial charge on any atom is 0.391 e. The topological polar surface area (TPSA) is 67.2 Å². The van der Waals surface area contributed by atoms with Gasteiger partial charge in [0.2, 0.25) is 11.8 Å². The number of amides is 2. The van der Waals surface area contributed by atoms with Gasteiger partial charge in [0.05, 0.1) is 17.8 Å². The number of carbonyl (C=O) groups excluding carboxylic acids is 2. The smallest absolute Gasteiger partial charge is 0.347 e. The van der Waals surface area contributed by atoms with Crippen molar-refractivity contribution in [2.24, 2.45) is 11.8 Å². The SMILES string of the molecule is CN(C)C(=O)Cn1cc(NC(=O)[C@H]2CCC[C@H](C(F)(F)F)C2)cn1. The zero-order valence-corrected chi connectivity index (χ0v) is 13.6. The van der Waals surface area contributed by atoms with Crippen LogP contribution in [0.2, 0.25) is 0 Å². The third kappa shape index (κ3) is 4.72. The molecule has 2 amide bonds. The van der Waals surface area contributed by atoms with Crippen molar-refractivity contribution in [3.05, 3.63) is 12.4 Å². The first-order valence-corrected chi connectivity index (χ1v) is 7.77. The average Bonchev–Trinajstić information content (AvgIpc) is 2.93. The van der Waals surface area contributed by atoms with Crippen LogP contribution < -0.4 is 5.32 Å². The van der Waals surface area contributed by atoms with Crippen LogP contribution >= 0.6 is 0 Å². The predicted molar refractivity (Wildman–Crippen MR) is 81.1 cm³/mol. The Hall–Kier alpha value is -2.06. The number of rotatable bonds is 4. The van der Waals surface area contributed by atoms with Crippen LogP contribution in [-0.4, -0.2) is 46.8 Å². The Balaban J connectivity index is 1.92. The van der Waals surface area contributed by atoms with Crippen LogP contribution in [0, 0.1) is 11.8 Å². The van der Waals surface area contributed by atoms with Gasteiger partial charge in [0.25, 0.3) is 0 Å². The zero-order valence-electron chi connectivity index (χ0n) is 13.6. The highest BCUT2D eigenvalue weighted by atomic mass is 19.4. The molecule has 9 heteroatoms. The van der Waals surface area contributed by atoms with Crippen LogP contribution in [0.3, 0.4) is 0 Å². The van der Waals surface area contributed by atoms with Crippen LogP contribution in [0.15, 0.2) is 12.4 Å². The van der Waals surface area contributed by atoms with E-state index >= 15 is 0 Å². The number of alkyl halides is 3. The van der Waals surface area contributed by atoms with Crippen molar-refractivity contribution in [2.45, 2.75) is 38.4 Å².